The molecule has 0 atom stereocenters. The molecule has 0 fully saturated rings. The van der Waals surface area contributed by atoms with Crippen molar-refractivity contribution >= 4 is 17.2 Å². The van der Waals surface area contributed by atoms with Crippen LogP contribution in [0.25, 0.3) is 10.6 Å². The minimum Gasteiger partial charge on any atom is -0.495 e. The second-order valence-corrected chi connectivity index (χ2v) is 4.05. The monoisotopic (exact) mass is 223 g/mol. The second kappa shape index (κ2) is 3.94. The van der Waals surface area contributed by atoms with Gasteiger partial charge in [0.1, 0.15) is 11.6 Å². The molecule has 80 valence electrons. The van der Waals surface area contributed by atoms with Crippen LogP contribution in [0.1, 0.15) is 12.5 Å². The molecule has 5 heteroatoms. The van der Waals surface area contributed by atoms with Gasteiger partial charge >= 0.3 is 0 Å². The number of nitrogens with two attached hydrogens (primary N) is 1. The summed E-state index contributed by atoms with van der Waals surface area (Å²) >= 11 is 1.62. The maximum absolute atomic E-state index is 5.77. The molecule has 0 amide bonds. The summed E-state index contributed by atoms with van der Waals surface area (Å²) in [6.07, 6.45) is 0.860. The Kier molecular flexibility index (Phi) is 2.64. The van der Waals surface area contributed by atoms with Gasteiger partial charge in [-0.3, -0.25) is 5.10 Å². The number of hydrogen-bond donors (Lipinski definition) is 2. The van der Waals surface area contributed by atoms with E-state index < -0.39 is 0 Å². The SMILES string of the molecule is CCc1c(N)n[nH]c1-c1sccc1OC. The molecule has 2 aromatic heterocycles. The lowest BCUT2D eigenvalue weighted by molar-refractivity contribution is 0.418. The molecule has 0 aliphatic heterocycles. The van der Waals surface area contributed by atoms with Crippen LogP contribution in [0.15, 0.2) is 11.4 Å². The smallest absolute Gasteiger partial charge is 0.149 e. The van der Waals surface area contributed by atoms with Crippen molar-refractivity contribution in [3.63, 3.8) is 0 Å². The van der Waals surface area contributed by atoms with Gasteiger partial charge in [0.2, 0.25) is 0 Å². The maximum atomic E-state index is 5.77. The third-order valence-corrected chi connectivity index (χ3v) is 3.24. The Balaban J connectivity index is 2.53. The van der Waals surface area contributed by atoms with E-state index >= 15 is 0 Å². The predicted molar refractivity (Wildman–Crippen MR) is 62.2 cm³/mol. The van der Waals surface area contributed by atoms with Crippen molar-refractivity contribution in [1.29, 1.82) is 0 Å². The quantitative estimate of drug-likeness (QED) is 0.839. The number of anilines is 1. The van der Waals surface area contributed by atoms with Gasteiger partial charge in [-0.1, -0.05) is 6.92 Å². The highest BCUT2D eigenvalue weighted by Crippen LogP contribution is 2.37. The number of H-pyrrole nitrogens is 1. The van der Waals surface area contributed by atoms with Crippen molar-refractivity contribution in [3.05, 3.63) is 17.0 Å². The van der Waals surface area contributed by atoms with E-state index in [1.54, 1.807) is 18.4 Å². The lowest BCUT2D eigenvalue weighted by Crippen LogP contribution is -1.91. The van der Waals surface area contributed by atoms with E-state index in [0.29, 0.717) is 5.82 Å². The van der Waals surface area contributed by atoms with Gasteiger partial charge in [-0.25, -0.2) is 0 Å². The Bertz CT molecular complexity index is 461. The molecular formula is C10H13N3OS. The summed E-state index contributed by atoms with van der Waals surface area (Å²) < 4.78 is 5.27. The van der Waals surface area contributed by atoms with E-state index in [-0.39, 0.29) is 0 Å². The number of hydrogen-bond acceptors (Lipinski definition) is 4. The largest absolute Gasteiger partial charge is 0.495 e. The molecule has 0 unspecified atom stereocenters. The Morgan fingerprint density at radius 2 is 2.40 bits per heavy atom. The molecule has 0 radical (unpaired) electrons. The number of rotatable bonds is 3. The van der Waals surface area contributed by atoms with E-state index in [2.05, 4.69) is 17.1 Å². The lowest BCUT2D eigenvalue weighted by Gasteiger charge is -2.02. The molecule has 0 aromatic carbocycles. The zero-order valence-corrected chi connectivity index (χ0v) is 9.52. The van der Waals surface area contributed by atoms with E-state index in [0.717, 1.165) is 28.3 Å². The molecular weight excluding hydrogens is 210 g/mol. The Morgan fingerprint density at radius 1 is 1.60 bits per heavy atom. The molecule has 0 spiro atoms. The molecule has 0 saturated carbocycles. The summed E-state index contributed by atoms with van der Waals surface area (Å²) in [6, 6.07) is 1.94. The summed E-state index contributed by atoms with van der Waals surface area (Å²) in [4.78, 5) is 1.05. The van der Waals surface area contributed by atoms with Crippen molar-refractivity contribution < 1.29 is 4.74 Å². The summed E-state index contributed by atoms with van der Waals surface area (Å²) in [5, 5.41) is 8.97. The third-order valence-electron chi connectivity index (χ3n) is 2.33. The maximum Gasteiger partial charge on any atom is 0.149 e. The number of ether oxygens (including phenoxy) is 1. The number of aromatic nitrogens is 2. The molecule has 2 heterocycles. The molecule has 0 saturated heterocycles. The first kappa shape index (κ1) is 10.0. The normalized spacial score (nSPS) is 10.5. The molecule has 2 aromatic rings. The number of nitrogens with zero attached hydrogens (tertiary/aromatic N) is 1. The van der Waals surface area contributed by atoms with Crippen LogP contribution in [-0.2, 0) is 6.42 Å². The summed E-state index contributed by atoms with van der Waals surface area (Å²) in [5.74, 6) is 1.43. The predicted octanol–water partition coefficient (Wildman–Crippen LogP) is 2.29. The zero-order valence-electron chi connectivity index (χ0n) is 8.70. The number of aromatic amines is 1. The van der Waals surface area contributed by atoms with Gasteiger partial charge in [0.15, 0.2) is 0 Å². The molecule has 3 N–H and O–H groups in total. The van der Waals surface area contributed by atoms with E-state index in [4.69, 9.17) is 10.5 Å². The van der Waals surface area contributed by atoms with Gasteiger partial charge < -0.3 is 10.5 Å². The molecule has 0 aliphatic rings. The highest BCUT2D eigenvalue weighted by molar-refractivity contribution is 7.14. The summed E-state index contributed by atoms with van der Waals surface area (Å²) in [7, 11) is 1.66. The number of thiophene rings is 1. The van der Waals surface area contributed by atoms with Crippen LogP contribution in [0.2, 0.25) is 0 Å². The van der Waals surface area contributed by atoms with Crippen molar-refractivity contribution in [2.45, 2.75) is 13.3 Å². The van der Waals surface area contributed by atoms with E-state index in [1.165, 1.54) is 0 Å². The minimum atomic E-state index is 0.572. The van der Waals surface area contributed by atoms with Crippen molar-refractivity contribution in [2.75, 3.05) is 12.8 Å². The van der Waals surface area contributed by atoms with Gasteiger partial charge in [0, 0.05) is 5.56 Å². The van der Waals surface area contributed by atoms with Gasteiger partial charge in [0.25, 0.3) is 0 Å². The van der Waals surface area contributed by atoms with E-state index in [9.17, 15) is 0 Å². The molecule has 4 nitrogen and oxygen atoms in total. The summed E-state index contributed by atoms with van der Waals surface area (Å²) in [5.41, 5.74) is 7.80. The molecule has 0 bridgehead atoms. The molecule has 0 aliphatic carbocycles. The minimum absolute atomic E-state index is 0.572. The van der Waals surface area contributed by atoms with Gasteiger partial charge in [-0.15, -0.1) is 11.3 Å². The van der Waals surface area contributed by atoms with E-state index in [1.807, 2.05) is 11.4 Å². The Hall–Kier alpha value is -1.49. The van der Waals surface area contributed by atoms with Crippen LogP contribution in [0.3, 0.4) is 0 Å². The first-order chi connectivity index (χ1) is 7.27. The molecule has 2 rings (SSSR count). The van der Waals surface area contributed by atoms with Gasteiger partial charge in [-0.2, -0.15) is 5.10 Å². The first-order valence-corrected chi connectivity index (χ1v) is 5.60. The average molecular weight is 223 g/mol. The highest BCUT2D eigenvalue weighted by Gasteiger charge is 2.15. The van der Waals surface area contributed by atoms with Crippen molar-refractivity contribution in [3.8, 4) is 16.3 Å². The average Bonchev–Trinajstić information content (AvgIpc) is 2.82. The van der Waals surface area contributed by atoms with Crippen LogP contribution in [0.5, 0.6) is 5.75 Å². The zero-order chi connectivity index (χ0) is 10.8. The van der Waals surface area contributed by atoms with Crippen molar-refractivity contribution in [2.24, 2.45) is 0 Å². The van der Waals surface area contributed by atoms with Crippen LogP contribution in [-0.4, -0.2) is 17.3 Å². The van der Waals surface area contributed by atoms with Crippen LogP contribution in [0, 0.1) is 0 Å². The first-order valence-electron chi connectivity index (χ1n) is 4.72. The standard InChI is InChI=1S/C10H13N3OS/c1-3-6-8(12-13-10(6)11)9-7(14-2)4-5-15-9/h4-5H,3H2,1-2H3,(H3,11,12,13). The van der Waals surface area contributed by atoms with Crippen molar-refractivity contribution in [1.82, 2.24) is 10.2 Å². The van der Waals surface area contributed by atoms with Crippen LogP contribution in [0.4, 0.5) is 5.82 Å². The number of methoxy groups -OCH3 is 1. The van der Waals surface area contributed by atoms with Gasteiger partial charge in [-0.05, 0) is 17.9 Å². The topological polar surface area (TPSA) is 63.9 Å². The number of nitrogens with one attached hydrogen (secondary N) is 1. The third kappa shape index (κ3) is 1.59. The van der Waals surface area contributed by atoms with Gasteiger partial charge in [0.05, 0.1) is 17.7 Å². The fraction of sp³-hybridized carbons (Fsp3) is 0.300. The fourth-order valence-corrected chi connectivity index (χ4v) is 2.45. The Labute approximate surface area is 92.1 Å². The summed E-state index contributed by atoms with van der Waals surface area (Å²) in [6.45, 7) is 2.06. The number of nitrogen functional groups attached to an aromatic ring is 1. The second-order valence-electron chi connectivity index (χ2n) is 3.13. The highest BCUT2D eigenvalue weighted by atomic mass is 32.1. The molecule has 15 heavy (non-hydrogen) atoms. The fourth-order valence-electron chi connectivity index (χ4n) is 1.57. The van der Waals surface area contributed by atoms with Crippen LogP contribution < -0.4 is 10.5 Å². The van der Waals surface area contributed by atoms with Crippen LogP contribution >= 0.6 is 11.3 Å². The Morgan fingerprint density at radius 3 is 3.07 bits per heavy atom. The lowest BCUT2D eigenvalue weighted by atomic mass is 10.1.